The van der Waals surface area contributed by atoms with Crippen molar-refractivity contribution in [2.24, 2.45) is 4.99 Å². The van der Waals surface area contributed by atoms with Crippen LogP contribution in [-0.4, -0.2) is 44.7 Å². The molecule has 0 aliphatic heterocycles. The monoisotopic (exact) mass is 311 g/mol. The number of anilines is 1. The van der Waals surface area contributed by atoms with Crippen LogP contribution in [0.15, 0.2) is 59.7 Å². The lowest BCUT2D eigenvalue weighted by atomic mass is 10.3. The first-order chi connectivity index (χ1) is 11.3. The van der Waals surface area contributed by atoms with Gasteiger partial charge in [0.05, 0.1) is 0 Å². The van der Waals surface area contributed by atoms with Crippen LogP contribution in [0, 0.1) is 0 Å². The van der Waals surface area contributed by atoms with Gasteiger partial charge in [0.1, 0.15) is 0 Å². The number of nitrogens with one attached hydrogen (secondary N) is 2. The van der Waals surface area contributed by atoms with E-state index >= 15 is 0 Å². The molecule has 0 fully saturated rings. The second kappa shape index (κ2) is 9.46. The molecule has 0 amide bonds. The van der Waals surface area contributed by atoms with Gasteiger partial charge in [-0.2, -0.15) is 0 Å². The topological polar surface area (TPSA) is 52.6 Å². The van der Waals surface area contributed by atoms with Crippen LogP contribution in [0.2, 0.25) is 0 Å². The number of benzene rings is 1. The maximum atomic E-state index is 4.31. The maximum Gasteiger partial charge on any atom is 0.191 e. The van der Waals surface area contributed by atoms with E-state index in [2.05, 4.69) is 56.8 Å². The van der Waals surface area contributed by atoms with Gasteiger partial charge in [0.25, 0.3) is 0 Å². The van der Waals surface area contributed by atoms with Crippen molar-refractivity contribution in [3.8, 4) is 0 Å². The first-order valence-corrected chi connectivity index (χ1v) is 7.90. The minimum atomic E-state index is 0.811. The van der Waals surface area contributed by atoms with E-state index in [0.29, 0.717) is 0 Å². The number of para-hydroxylation sites is 1. The molecule has 0 aliphatic rings. The molecular formula is C18H25N5. The molecule has 2 aromatic rings. The molecule has 5 heteroatoms. The van der Waals surface area contributed by atoms with Gasteiger partial charge in [0.15, 0.2) is 5.96 Å². The molecule has 2 rings (SSSR count). The van der Waals surface area contributed by atoms with Gasteiger partial charge in [-0.1, -0.05) is 24.3 Å². The first kappa shape index (κ1) is 16.8. The van der Waals surface area contributed by atoms with E-state index in [9.17, 15) is 0 Å². The minimum Gasteiger partial charge on any atom is -0.373 e. The van der Waals surface area contributed by atoms with E-state index < -0.39 is 0 Å². The van der Waals surface area contributed by atoms with Gasteiger partial charge in [0.2, 0.25) is 0 Å². The van der Waals surface area contributed by atoms with Crippen LogP contribution in [0.1, 0.15) is 5.69 Å². The Kier molecular flexibility index (Phi) is 6.91. The number of hydrogen-bond donors (Lipinski definition) is 2. The Morgan fingerprint density at radius 2 is 1.78 bits per heavy atom. The fraction of sp³-hybridized carbons (Fsp3) is 0.333. The van der Waals surface area contributed by atoms with E-state index in [1.807, 2.05) is 30.5 Å². The van der Waals surface area contributed by atoms with E-state index in [4.69, 9.17) is 0 Å². The van der Waals surface area contributed by atoms with Crippen molar-refractivity contribution in [1.82, 2.24) is 15.6 Å². The zero-order valence-electron chi connectivity index (χ0n) is 13.9. The number of likely N-dealkylation sites (N-methyl/N-ethyl adjacent to an activating group) is 1. The number of nitrogens with zero attached hydrogens (tertiary/aromatic N) is 3. The molecule has 0 saturated heterocycles. The van der Waals surface area contributed by atoms with Crippen molar-refractivity contribution in [2.45, 2.75) is 6.42 Å². The molecule has 0 spiro atoms. The molecule has 0 aliphatic carbocycles. The third-order valence-electron chi connectivity index (χ3n) is 3.56. The molecule has 1 aromatic heterocycles. The average Bonchev–Trinajstić information content (AvgIpc) is 2.62. The Hall–Kier alpha value is -2.56. The summed E-state index contributed by atoms with van der Waals surface area (Å²) in [6.45, 7) is 2.55. The number of pyridine rings is 1. The number of guanidine groups is 1. The molecule has 1 aromatic carbocycles. The van der Waals surface area contributed by atoms with Crippen LogP contribution >= 0.6 is 0 Å². The van der Waals surface area contributed by atoms with Gasteiger partial charge in [-0.15, -0.1) is 0 Å². The minimum absolute atomic E-state index is 0.811. The fourth-order valence-corrected chi connectivity index (χ4v) is 2.23. The summed E-state index contributed by atoms with van der Waals surface area (Å²) < 4.78 is 0. The highest BCUT2D eigenvalue weighted by molar-refractivity contribution is 5.79. The lowest BCUT2D eigenvalue weighted by Gasteiger charge is -2.20. The van der Waals surface area contributed by atoms with Gasteiger partial charge in [0, 0.05) is 57.7 Å². The summed E-state index contributed by atoms with van der Waals surface area (Å²) in [6.07, 6.45) is 2.70. The van der Waals surface area contributed by atoms with Crippen LogP contribution < -0.4 is 15.5 Å². The van der Waals surface area contributed by atoms with Crippen molar-refractivity contribution in [2.75, 3.05) is 38.6 Å². The summed E-state index contributed by atoms with van der Waals surface area (Å²) in [7, 11) is 3.88. The van der Waals surface area contributed by atoms with Gasteiger partial charge in [-0.25, -0.2) is 0 Å². The zero-order valence-corrected chi connectivity index (χ0v) is 13.9. The molecule has 0 bridgehead atoms. The molecular weight excluding hydrogens is 286 g/mol. The van der Waals surface area contributed by atoms with Crippen molar-refractivity contribution < 1.29 is 0 Å². The first-order valence-electron chi connectivity index (χ1n) is 7.90. The second-order valence-electron chi connectivity index (χ2n) is 5.25. The van der Waals surface area contributed by atoms with Crippen LogP contribution in [0.4, 0.5) is 5.69 Å². The summed E-state index contributed by atoms with van der Waals surface area (Å²) in [5.41, 5.74) is 2.30. The lowest BCUT2D eigenvalue weighted by Crippen LogP contribution is -2.41. The third kappa shape index (κ3) is 5.98. The largest absolute Gasteiger partial charge is 0.373 e. The molecule has 2 N–H and O–H groups in total. The number of rotatable bonds is 7. The Morgan fingerprint density at radius 3 is 2.48 bits per heavy atom. The number of aromatic nitrogens is 1. The SMILES string of the molecule is CN=C(NCCc1ccccn1)NCCN(C)c1ccccc1. The van der Waals surface area contributed by atoms with E-state index in [1.165, 1.54) is 5.69 Å². The number of hydrogen-bond acceptors (Lipinski definition) is 3. The molecule has 0 radical (unpaired) electrons. The highest BCUT2D eigenvalue weighted by atomic mass is 15.2. The maximum absolute atomic E-state index is 4.31. The Morgan fingerprint density at radius 1 is 1.04 bits per heavy atom. The van der Waals surface area contributed by atoms with E-state index in [0.717, 1.165) is 37.7 Å². The van der Waals surface area contributed by atoms with Crippen LogP contribution in [0.5, 0.6) is 0 Å². The van der Waals surface area contributed by atoms with Gasteiger partial charge in [-0.3, -0.25) is 9.98 Å². The molecule has 0 atom stereocenters. The Labute approximate surface area is 138 Å². The molecule has 5 nitrogen and oxygen atoms in total. The second-order valence-corrected chi connectivity index (χ2v) is 5.25. The molecule has 122 valence electrons. The highest BCUT2D eigenvalue weighted by Gasteiger charge is 2.01. The number of aliphatic imine (C=N–C) groups is 1. The summed E-state index contributed by atoms with van der Waals surface area (Å²) in [5.74, 6) is 0.822. The Bertz CT molecular complexity index is 583. The van der Waals surface area contributed by atoms with Gasteiger partial charge in [-0.05, 0) is 24.3 Å². The molecule has 1 heterocycles. The summed E-state index contributed by atoms with van der Waals surface area (Å²) >= 11 is 0. The predicted molar refractivity (Wildman–Crippen MR) is 97.0 cm³/mol. The fourth-order valence-electron chi connectivity index (χ4n) is 2.23. The lowest BCUT2D eigenvalue weighted by molar-refractivity contribution is 0.765. The molecule has 0 saturated carbocycles. The van der Waals surface area contributed by atoms with E-state index in [1.54, 1.807) is 7.05 Å². The van der Waals surface area contributed by atoms with Crippen LogP contribution in [0.3, 0.4) is 0 Å². The van der Waals surface area contributed by atoms with Gasteiger partial charge < -0.3 is 15.5 Å². The summed E-state index contributed by atoms with van der Waals surface area (Å²) in [5, 5.41) is 6.64. The molecule has 0 unspecified atom stereocenters. The standard InChI is InChI=1S/C18H25N5/c1-19-18(21-13-11-16-8-6-7-12-20-16)22-14-15-23(2)17-9-4-3-5-10-17/h3-10,12H,11,13-15H2,1-2H3,(H2,19,21,22). The highest BCUT2D eigenvalue weighted by Crippen LogP contribution is 2.09. The van der Waals surface area contributed by atoms with Crippen molar-refractivity contribution in [1.29, 1.82) is 0 Å². The average molecular weight is 311 g/mol. The van der Waals surface area contributed by atoms with Gasteiger partial charge >= 0.3 is 0 Å². The van der Waals surface area contributed by atoms with Crippen molar-refractivity contribution in [3.63, 3.8) is 0 Å². The smallest absolute Gasteiger partial charge is 0.191 e. The van der Waals surface area contributed by atoms with Crippen molar-refractivity contribution >= 4 is 11.6 Å². The summed E-state index contributed by atoms with van der Waals surface area (Å²) in [4.78, 5) is 10.8. The normalized spacial score (nSPS) is 11.1. The third-order valence-corrected chi connectivity index (χ3v) is 3.56. The predicted octanol–water partition coefficient (Wildman–Crippen LogP) is 1.93. The van der Waals surface area contributed by atoms with Crippen LogP contribution in [-0.2, 0) is 6.42 Å². The Balaban J connectivity index is 1.67. The van der Waals surface area contributed by atoms with Crippen molar-refractivity contribution in [3.05, 3.63) is 60.4 Å². The van der Waals surface area contributed by atoms with E-state index in [-0.39, 0.29) is 0 Å². The zero-order chi connectivity index (χ0) is 16.3. The quantitative estimate of drug-likeness (QED) is 0.606. The summed E-state index contributed by atoms with van der Waals surface area (Å²) in [6, 6.07) is 16.3. The van der Waals surface area contributed by atoms with Crippen LogP contribution in [0.25, 0.3) is 0 Å². The molecule has 23 heavy (non-hydrogen) atoms.